The number of fused-ring (bicyclic) bond motifs is 3. The summed E-state index contributed by atoms with van der Waals surface area (Å²) >= 11 is 4.55. The molecule has 0 spiro atoms. The lowest BCUT2D eigenvalue weighted by molar-refractivity contribution is 0.111. The second-order valence-corrected chi connectivity index (χ2v) is 8.67. The molecule has 0 aliphatic carbocycles. The minimum Gasteiger partial charge on any atom is -0.485 e. The number of hydrogen-bond acceptors (Lipinski definition) is 10. The highest BCUT2D eigenvalue weighted by molar-refractivity contribution is 7.12. The van der Waals surface area contributed by atoms with E-state index in [1.165, 1.54) is 11.3 Å². The van der Waals surface area contributed by atoms with Crippen LogP contribution in [-0.4, -0.2) is 54.3 Å². The zero-order valence-electron chi connectivity index (χ0n) is 17.1. The molecule has 0 unspecified atom stereocenters. The van der Waals surface area contributed by atoms with E-state index in [1.807, 2.05) is 16.1 Å². The Kier molecular flexibility index (Phi) is 8.89. The molecule has 0 saturated carbocycles. The van der Waals surface area contributed by atoms with Crippen molar-refractivity contribution in [3.63, 3.8) is 0 Å². The molecule has 6 rings (SSSR count). The first-order chi connectivity index (χ1) is 15.3. The van der Waals surface area contributed by atoms with Crippen LogP contribution < -0.4 is 28.4 Å². The van der Waals surface area contributed by atoms with Gasteiger partial charge in [0.05, 0.1) is 4.88 Å². The Hall–Kier alpha value is -2.63. The van der Waals surface area contributed by atoms with Crippen molar-refractivity contribution in [2.75, 3.05) is 39.6 Å². The molecule has 0 bridgehead atoms. The highest BCUT2D eigenvalue weighted by Crippen LogP contribution is 2.40. The third kappa shape index (κ3) is 5.59. The molecule has 0 fully saturated rings. The largest absolute Gasteiger partial charge is 0.485 e. The third-order valence-corrected chi connectivity index (χ3v) is 6.65. The van der Waals surface area contributed by atoms with Gasteiger partial charge in [0.15, 0.2) is 40.8 Å². The summed E-state index contributed by atoms with van der Waals surface area (Å²) in [7, 11) is 0. The summed E-state index contributed by atoms with van der Waals surface area (Å²) in [5.41, 5.74) is 0. The van der Waals surface area contributed by atoms with Crippen LogP contribution in [0.3, 0.4) is 0 Å². The van der Waals surface area contributed by atoms with Gasteiger partial charge in [-0.25, -0.2) is 0 Å². The van der Waals surface area contributed by atoms with E-state index < -0.39 is 0 Å². The van der Waals surface area contributed by atoms with Crippen LogP contribution in [0.2, 0.25) is 0 Å². The van der Waals surface area contributed by atoms with Gasteiger partial charge < -0.3 is 28.4 Å². The monoisotopic (exact) mass is 491 g/mol. The molecule has 6 heterocycles. The summed E-state index contributed by atoms with van der Waals surface area (Å²) in [5, 5.41) is 7.65. The van der Waals surface area contributed by atoms with Crippen LogP contribution in [0.5, 0.6) is 34.5 Å². The molecule has 3 aromatic rings. The predicted molar refractivity (Wildman–Crippen MR) is 127 cm³/mol. The van der Waals surface area contributed by atoms with E-state index in [1.54, 1.807) is 34.1 Å². The minimum absolute atomic E-state index is 0. The Morgan fingerprint density at radius 3 is 1.59 bits per heavy atom. The van der Waals surface area contributed by atoms with Crippen LogP contribution in [-0.2, 0) is 0 Å². The summed E-state index contributed by atoms with van der Waals surface area (Å²) in [5.74, 6) is 4.81. The maximum atomic E-state index is 10.4. The SMILES string of the molecule is C=Cc1scc2c1OCCO2.O=Cc1scc2c1OCCO2.[B].c1scc2c1OCCO2. The first-order valence-electron chi connectivity index (χ1n) is 9.43. The zero-order chi connectivity index (χ0) is 21.5. The Bertz CT molecular complexity index is 948. The molecular formula is C21H20BO7S3. The van der Waals surface area contributed by atoms with Crippen LogP contribution in [0, 0.1) is 0 Å². The van der Waals surface area contributed by atoms with Crippen molar-refractivity contribution < 1.29 is 33.2 Å². The second-order valence-electron chi connectivity index (χ2n) is 6.10. The van der Waals surface area contributed by atoms with Crippen LogP contribution >= 0.6 is 34.0 Å². The number of ether oxygens (including phenoxy) is 6. The quantitative estimate of drug-likeness (QED) is 0.382. The Morgan fingerprint density at radius 1 is 0.656 bits per heavy atom. The van der Waals surface area contributed by atoms with Crippen LogP contribution in [0.1, 0.15) is 14.5 Å². The fourth-order valence-electron chi connectivity index (χ4n) is 2.77. The predicted octanol–water partition coefficient (Wildman–Crippen LogP) is 4.63. The Morgan fingerprint density at radius 2 is 1.09 bits per heavy atom. The molecule has 167 valence electrons. The van der Waals surface area contributed by atoms with Gasteiger partial charge in [0.25, 0.3) is 0 Å². The fraction of sp³-hybridized carbons (Fsp3) is 0.286. The van der Waals surface area contributed by atoms with E-state index in [0.29, 0.717) is 56.0 Å². The first-order valence-corrected chi connectivity index (χ1v) is 12.1. The summed E-state index contributed by atoms with van der Waals surface area (Å²) < 4.78 is 31.7. The fourth-order valence-corrected chi connectivity index (χ4v) is 4.96. The van der Waals surface area contributed by atoms with Gasteiger partial charge in [0.1, 0.15) is 44.5 Å². The molecule has 3 aromatic heterocycles. The Labute approximate surface area is 199 Å². The Balaban J connectivity index is 0.000000134. The molecule has 0 saturated heterocycles. The van der Waals surface area contributed by atoms with Gasteiger partial charge in [0.2, 0.25) is 0 Å². The highest BCUT2D eigenvalue weighted by Gasteiger charge is 2.17. The van der Waals surface area contributed by atoms with Crippen molar-refractivity contribution in [3.05, 3.63) is 37.9 Å². The number of rotatable bonds is 2. The van der Waals surface area contributed by atoms with Gasteiger partial charge in [-0.15, -0.1) is 34.0 Å². The lowest BCUT2D eigenvalue weighted by atomic mass is 10.4. The highest BCUT2D eigenvalue weighted by atomic mass is 32.1. The lowest BCUT2D eigenvalue weighted by Gasteiger charge is -2.14. The number of thiophene rings is 3. The summed E-state index contributed by atoms with van der Waals surface area (Å²) in [6.07, 6.45) is 2.58. The van der Waals surface area contributed by atoms with Crippen molar-refractivity contribution in [1.29, 1.82) is 0 Å². The third-order valence-electron chi connectivity index (χ3n) is 4.14. The van der Waals surface area contributed by atoms with E-state index in [2.05, 4.69) is 6.58 Å². The smallest absolute Gasteiger partial charge is 0.182 e. The molecule has 32 heavy (non-hydrogen) atoms. The van der Waals surface area contributed by atoms with Crippen molar-refractivity contribution in [3.8, 4) is 34.5 Å². The van der Waals surface area contributed by atoms with E-state index in [0.717, 1.165) is 34.2 Å². The molecule has 3 radical (unpaired) electrons. The van der Waals surface area contributed by atoms with Crippen molar-refractivity contribution in [2.45, 2.75) is 0 Å². The van der Waals surface area contributed by atoms with Crippen LogP contribution in [0.15, 0.2) is 28.1 Å². The van der Waals surface area contributed by atoms with Crippen LogP contribution in [0.4, 0.5) is 0 Å². The molecule has 0 amide bonds. The lowest BCUT2D eigenvalue weighted by Crippen LogP contribution is -2.14. The van der Waals surface area contributed by atoms with E-state index in [-0.39, 0.29) is 8.41 Å². The maximum Gasteiger partial charge on any atom is 0.182 e. The molecule has 0 atom stereocenters. The van der Waals surface area contributed by atoms with E-state index >= 15 is 0 Å². The van der Waals surface area contributed by atoms with E-state index in [4.69, 9.17) is 28.4 Å². The average molecular weight is 491 g/mol. The summed E-state index contributed by atoms with van der Waals surface area (Å²) in [6, 6.07) is 0. The topological polar surface area (TPSA) is 72.5 Å². The van der Waals surface area contributed by atoms with Gasteiger partial charge in [-0.05, 0) is 6.08 Å². The van der Waals surface area contributed by atoms with Crippen LogP contribution in [0.25, 0.3) is 6.08 Å². The summed E-state index contributed by atoms with van der Waals surface area (Å²) in [6.45, 7) is 7.45. The van der Waals surface area contributed by atoms with Gasteiger partial charge in [-0.3, -0.25) is 4.79 Å². The van der Waals surface area contributed by atoms with Gasteiger partial charge in [0, 0.05) is 29.9 Å². The minimum atomic E-state index is 0. The van der Waals surface area contributed by atoms with Crippen molar-refractivity contribution >= 4 is 54.8 Å². The number of carbonyl (C=O) groups excluding carboxylic acids is 1. The van der Waals surface area contributed by atoms with Gasteiger partial charge >= 0.3 is 0 Å². The number of aldehydes is 1. The van der Waals surface area contributed by atoms with Crippen molar-refractivity contribution in [2.24, 2.45) is 0 Å². The molecule has 3 aliphatic heterocycles. The van der Waals surface area contributed by atoms with Gasteiger partial charge in [-0.1, -0.05) is 6.58 Å². The standard InChI is InChI=1S/C8H8O2S.C7H6O3S.C6H6O2S.B/c1-2-7-8-6(5-11-7)9-3-4-10-8;8-3-6-7-5(4-11-6)9-1-2-10-7;1-2-8-6-4-9-3-5(6)7-1;/h2,5H,1,3-4H2;3-4H,1-2H2;3-4H,1-2H2;. The number of hydrogen-bond donors (Lipinski definition) is 0. The molecule has 0 aromatic carbocycles. The molecular weight excluding hydrogens is 471 g/mol. The van der Waals surface area contributed by atoms with Crippen molar-refractivity contribution in [1.82, 2.24) is 0 Å². The maximum absolute atomic E-state index is 10.4. The summed E-state index contributed by atoms with van der Waals surface area (Å²) in [4.78, 5) is 12.1. The average Bonchev–Trinajstić information content (AvgIpc) is 3.57. The normalized spacial score (nSPS) is 14.4. The zero-order valence-corrected chi connectivity index (χ0v) is 19.5. The molecule has 11 heteroatoms. The van der Waals surface area contributed by atoms with Gasteiger partial charge in [-0.2, -0.15) is 0 Å². The first kappa shape index (κ1) is 24.0. The molecule has 0 N–H and O–H groups in total. The van der Waals surface area contributed by atoms with E-state index in [9.17, 15) is 4.79 Å². The molecule has 7 nitrogen and oxygen atoms in total. The molecule has 3 aliphatic rings. The second kappa shape index (κ2) is 11.8. The number of carbonyl (C=O) groups is 1.